The van der Waals surface area contributed by atoms with Crippen LogP contribution >= 0.6 is 0 Å². The first-order valence-electron chi connectivity index (χ1n) is 6.60. The second kappa shape index (κ2) is 6.01. The number of H-pyrrole nitrogens is 2. The van der Waals surface area contributed by atoms with Gasteiger partial charge in [0.25, 0.3) is 11.1 Å². The summed E-state index contributed by atoms with van der Waals surface area (Å²) in [6, 6.07) is 14.8. The predicted molar refractivity (Wildman–Crippen MR) is 84.7 cm³/mol. The lowest BCUT2D eigenvalue weighted by Gasteiger charge is -1.92. The summed E-state index contributed by atoms with van der Waals surface area (Å²) >= 11 is 0. The molecule has 0 radical (unpaired) electrons. The Morgan fingerprint density at radius 3 is 1.50 bits per heavy atom. The number of hydrogen-bond acceptors (Lipinski definition) is 4. The summed E-state index contributed by atoms with van der Waals surface area (Å²) in [5.74, 6) is 0. The Bertz CT molecular complexity index is 951. The molecule has 0 atom stereocenters. The van der Waals surface area contributed by atoms with E-state index < -0.39 is 0 Å². The van der Waals surface area contributed by atoms with Crippen molar-refractivity contribution in [3.63, 3.8) is 0 Å². The largest absolute Gasteiger partial charge is 0.319 e. The third kappa shape index (κ3) is 3.06. The van der Waals surface area contributed by atoms with Gasteiger partial charge in [0.15, 0.2) is 0 Å². The highest BCUT2D eigenvalue weighted by Gasteiger charge is 1.91. The highest BCUT2D eigenvalue weighted by Crippen LogP contribution is 2.03. The van der Waals surface area contributed by atoms with E-state index in [0.717, 1.165) is 22.1 Å². The third-order valence-corrected chi connectivity index (χ3v) is 2.97. The van der Waals surface area contributed by atoms with Crippen LogP contribution in [0.25, 0.3) is 22.1 Å². The molecule has 2 aromatic heterocycles. The third-order valence-electron chi connectivity index (χ3n) is 2.97. The number of nitrogens with one attached hydrogen (secondary N) is 2. The standard InChI is InChI=1S/2C8H6N2O/c2*11-8-5-9-6-3-1-2-4-7(6)10-8/h2*1-5H,(H,10,11). The van der Waals surface area contributed by atoms with E-state index in [1.807, 2.05) is 48.5 Å². The summed E-state index contributed by atoms with van der Waals surface area (Å²) in [6.07, 6.45) is 2.56. The van der Waals surface area contributed by atoms with Crippen LogP contribution in [-0.4, -0.2) is 19.9 Å². The fraction of sp³-hybridized carbons (Fsp3) is 0. The molecule has 6 heteroatoms. The van der Waals surface area contributed by atoms with Gasteiger partial charge in [-0.1, -0.05) is 24.3 Å². The zero-order chi connectivity index (χ0) is 15.4. The van der Waals surface area contributed by atoms with Gasteiger partial charge in [0.1, 0.15) is 0 Å². The molecule has 108 valence electrons. The molecule has 4 rings (SSSR count). The number of aromatic amines is 2. The summed E-state index contributed by atoms with van der Waals surface area (Å²) in [7, 11) is 0. The summed E-state index contributed by atoms with van der Waals surface area (Å²) in [6.45, 7) is 0. The van der Waals surface area contributed by atoms with Gasteiger partial charge in [-0.3, -0.25) is 9.59 Å². The van der Waals surface area contributed by atoms with Crippen LogP contribution in [0.4, 0.5) is 0 Å². The number of fused-ring (bicyclic) bond motifs is 2. The fourth-order valence-corrected chi connectivity index (χ4v) is 1.97. The van der Waals surface area contributed by atoms with E-state index in [2.05, 4.69) is 19.9 Å². The van der Waals surface area contributed by atoms with Gasteiger partial charge in [-0.05, 0) is 24.3 Å². The lowest BCUT2D eigenvalue weighted by Crippen LogP contribution is -2.04. The molecule has 2 N–H and O–H groups in total. The van der Waals surface area contributed by atoms with Gasteiger partial charge in [-0.25, -0.2) is 9.97 Å². The number of nitrogens with zero attached hydrogens (tertiary/aromatic N) is 2. The van der Waals surface area contributed by atoms with Crippen molar-refractivity contribution < 1.29 is 0 Å². The van der Waals surface area contributed by atoms with Crippen LogP contribution in [0.2, 0.25) is 0 Å². The highest BCUT2D eigenvalue weighted by atomic mass is 16.1. The highest BCUT2D eigenvalue weighted by molar-refractivity contribution is 5.73. The van der Waals surface area contributed by atoms with Gasteiger partial charge >= 0.3 is 0 Å². The van der Waals surface area contributed by atoms with Crippen LogP contribution < -0.4 is 11.1 Å². The van der Waals surface area contributed by atoms with E-state index in [-0.39, 0.29) is 11.1 Å². The van der Waals surface area contributed by atoms with Gasteiger partial charge in [0.2, 0.25) is 0 Å². The minimum absolute atomic E-state index is 0.163. The van der Waals surface area contributed by atoms with E-state index in [4.69, 9.17) is 0 Å². The molecule has 6 nitrogen and oxygen atoms in total. The summed E-state index contributed by atoms with van der Waals surface area (Å²) in [5.41, 5.74) is 2.85. The topological polar surface area (TPSA) is 91.5 Å². The van der Waals surface area contributed by atoms with E-state index in [1.54, 1.807) is 0 Å². The van der Waals surface area contributed by atoms with Crippen molar-refractivity contribution in [2.75, 3.05) is 0 Å². The number of para-hydroxylation sites is 4. The maximum atomic E-state index is 10.8. The molecule has 0 saturated heterocycles. The van der Waals surface area contributed by atoms with Crippen LogP contribution in [0.3, 0.4) is 0 Å². The number of benzene rings is 2. The Balaban J connectivity index is 0.000000131. The lowest BCUT2D eigenvalue weighted by molar-refractivity contribution is 1.22. The first-order chi connectivity index (χ1) is 10.7. The zero-order valence-electron chi connectivity index (χ0n) is 11.5. The van der Waals surface area contributed by atoms with Crippen molar-refractivity contribution in [2.45, 2.75) is 0 Å². The minimum Gasteiger partial charge on any atom is -0.319 e. The number of aromatic nitrogens is 4. The normalized spacial score (nSPS) is 10.2. The molecule has 0 bridgehead atoms. The molecule has 22 heavy (non-hydrogen) atoms. The van der Waals surface area contributed by atoms with E-state index >= 15 is 0 Å². The molecule has 0 aliphatic heterocycles. The Morgan fingerprint density at radius 2 is 1.05 bits per heavy atom. The van der Waals surface area contributed by atoms with Crippen molar-refractivity contribution in [1.82, 2.24) is 19.9 Å². The molecule has 2 heterocycles. The number of hydrogen-bond donors (Lipinski definition) is 2. The van der Waals surface area contributed by atoms with E-state index in [9.17, 15) is 9.59 Å². The predicted octanol–water partition coefficient (Wildman–Crippen LogP) is 1.85. The molecule has 0 aliphatic carbocycles. The molecule has 0 fully saturated rings. The molecule has 0 aliphatic rings. The first kappa shape index (κ1) is 13.7. The van der Waals surface area contributed by atoms with Gasteiger partial charge in [-0.2, -0.15) is 0 Å². The molecule has 2 aromatic carbocycles. The summed E-state index contributed by atoms with van der Waals surface area (Å²) in [5, 5.41) is 0. The Kier molecular flexibility index (Phi) is 3.74. The second-order valence-corrected chi connectivity index (χ2v) is 4.53. The van der Waals surface area contributed by atoms with Crippen LogP contribution in [0, 0.1) is 0 Å². The van der Waals surface area contributed by atoms with Crippen molar-refractivity contribution in [1.29, 1.82) is 0 Å². The summed E-state index contributed by atoms with van der Waals surface area (Å²) < 4.78 is 0. The van der Waals surface area contributed by atoms with Crippen LogP contribution in [0.1, 0.15) is 0 Å². The second-order valence-electron chi connectivity index (χ2n) is 4.53. The van der Waals surface area contributed by atoms with Crippen LogP contribution in [-0.2, 0) is 0 Å². The zero-order valence-corrected chi connectivity index (χ0v) is 11.5. The van der Waals surface area contributed by atoms with Gasteiger partial charge in [-0.15, -0.1) is 0 Å². The molecule has 0 saturated carbocycles. The average Bonchev–Trinajstić information content (AvgIpc) is 2.55. The van der Waals surface area contributed by atoms with Crippen molar-refractivity contribution >= 4 is 22.1 Å². The number of rotatable bonds is 0. The van der Waals surface area contributed by atoms with Gasteiger partial charge < -0.3 is 9.97 Å². The first-order valence-corrected chi connectivity index (χ1v) is 6.60. The van der Waals surface area contributed by atoms with Crippen molar-refractivity contribution in [3.05, 3.63) is 81.6 Å². The van der Waals surface area contributed by atoms with Crippen molar-refractivity contribution in [2.24, 2.45) is 0 Å². The van der Waals surface area contributed by atoms with E-state index in [0.29, 0.717) is 0 Å². The summed E-state index contributed by atoms with van der Waals surface area (Å²) in [4.78, 5) is 34.7. The molecule has 0 unspecified atom stereocenters. The Morgan fingerprint density at radius 1 is 0.636 bits per heavy atom. The average molecular weight is 292 g/mol. The fourth-order valence-electron chi connectivity index (χ4n) is 1.97. The quantitative estimate of drug-likeness (QED) is 0.517. The molecular weight excluding hydrogens is 280 g/mol. The maximum Gasteiger partial charge on any atom is 0.266 e. The minimum atomic E-state index is -0.163. The smallest absolute Gasteiger partial charge is 0.266 e. The monoisotopic (exact) mass is 292 g/mol. The van der Waals surface area contributed by atoms with E-state index in [1.165, 1.54) is 12.4 Å². The lowest BCUT2D eigenvalue weighted by atomic mass is 10.3. The molecule has 0 spiro atoms. The van der Waals surface area contributed by atoms with Gasteiger partial charge in [0, 0.05) is 0 Å². The van der Waals surface area contributed by atoms with Crippen LogP contribution in [0.15, 0.2) is 70.5 Å². The molecule has 0 amide bonds. The Hall–Kier alpha value is -3.28. The van der Waals surface area contributed by atoms with Gasteiger partial charge in [0.05, 0.1) is 34.5 Å². The molecular formula is C16H12N4O2. The SMILES string of the molecule is O=c1cnc2ccccc2[nH]1.O=c1cnc2ccccc2[nH]1. The molecule has 4 aromatic rings. The van der Waals surface area contributed by atoms with Crippen molar-refractivity contribution in [3.8, 4) is 0 Å². The van der Waals surface area contributed by atoms with Crippen LogP contribution in [0.5, 0.6) is 0 Å². The Labute approximate surface area is 124 Å². The maximum absolute atomic E-state index is 10.8.